The lowest BCUT2D eigenvalue weighted by Crippen LogP contribution is -2.54. The molecule has 1 aromatic carbocycles. The number of fused-ring (bicyclic) bond motifs is 1. The van der Waals surface area contributed by atoms with Gasteiger partial charge < -0.3 is 24.6 Å². The zero-order valence-electron chi connectivity index (χ0n) is 18.9. The summed E-state index contributed by atoms with van der Waals surface area (Å²) < 4.78 is 10.5. The predicted molar refractivity (Wildman–Crippen MR) is 118 cm³/mol. The van der Waals surface area contributed by atoms with Crippen LogP contribution in [0.3, 0.4) is 0 Å². The van der Waals surface area contributed by atoms with Crippen LogP contribution in [0.25, 0.3) is 0 Å². The van der Waals surface area contributed by atoms with E-state index in [1.165, 1.54) is 0 Å². The Morgan fingerprint density at radius 3 is 2.55 bits per heavy atom. The number of urea groups is 1. The third-order valence-electron chi connectivity index (χ3n) is 7.61. The fourth-order valence-corrected chi connectivity index (χ4v) is 5.81. The molecule has 3 saturated heterocycles. The molecule has 1 unspecified atom stereocenters. The number of carbonyl (C=O) groups is 2. The van der Waals surface area contributed by atoms with Crippen LogP contribution in [-0.2, 0) is 9.53 Å². The maximum absolute atomic E-state index is 13.3. The number of amides is 3. The molecule has 1 aromatic rings. The summed E-state index contributed by atoms with van der Waals surface area (Å²) in [7, 11) is 5.24. The molecule has 8 heteroatoms. The van der Waals surface area contributed by atoms with Crippen molar-refractivity contribution < 1.29 is 19.1 Å². The van der Waals surface area contributed by atoms with Gasteiger partial charge in [0.25, 0.3) is 0 Å². The quantitative estimate of drug-likeness (QED) is 0.775. The standard InChI is InChI=1S/C23H34N4O4/c1-25-10-9-23(20(25)28)17-26(13-14-30-2)16-22(23)7-11-27(12-8-22)21(29)24-18-5-4-6-19(15-18)31-3/h4-6,15H,7-14,16-17H2,1-3H3,(H,24,29). The van der Waals surface area contributed by atoms with Crippen LogP contribution in [0.5, 0.6) is 5.75 Å². The summed E-state index contributed by atoms with van der Waals surface area (Å²) >= 11 is 0. The van der Waals surface area contributed by atoms with E-state index in [0.29, 0.717) is 25.4 Å². The number of ether oxygens (including phenoxy) is 2. The highest BCUT2D eigenvalue weighted by atomic mass is 16.5. The van der Waals surface area contributed by atoms with Gasteiger partial charge in [0.15, 0.2) is 0 Å². The van der Waals surface area contributed by atoms with E-state index >= 15 is 0 Å². The molecule has 170 valence electrons. The van der Waals surface area contributed by atoms with Crippen molar-refractivity contribution in [3.8, 4) is 5.75 Å². The van der Waals surface area contributed by atoms with Crippen molar-refractivity contribution in [3.05, 3.63) is 24.3 Å². The Bertz CT molecular complexity index is 824. The number of hydrogen-bond acceptors (Lipinski definition) is 5. The number of piperidine rings is 1. The molecule has 2 spiro atoms. The average Bonchev–Trinajstić information content (AvgIpc) is 3.24. The zero-order chi connectivity index (χ0) is 22.1. The third-order valence-corrected chi connectivity index (χ3v) is 7.61. The Morgan fingerprint density at radius 2 is 1.90 bits per heavy atom. The molecule has 3 aliphatic rings. The van der Waals surface area contributed by atoms with Gasteiger partial charge in [0.2, 0.25) is 5.91 Å². The van der Waals surface area contributed by atoms with Gasteiger partial charge in [-0.05, 0) is 31.4 Å². The Hall–Kier alpha value is -2.32. The lowest BCUT2D eigenvalue weighted by molar-refractivity contribution is -0.141. The van der Waals surface area contributed by atoms with E-state index in [0.717, 1.165) is 51.1 Å². The van der Waals surface area contributed by atoms with E-state index in [1.54, 1.807) is 14.2 Å². The smallest absolute Gasteiger partial charge is 0.321 e. The molecular formula is C23H34N4O4. The van der Waals surface area contributed by atoms with Gasteiger partial charge >= 0.3 is 6.03 Å². The highest BCUT2D eigenvalue weighted by Crippen LogP contribution is 2.57. The lowest BCUT2D eigenvalue weighted by atomic mass is 9.60. The highest BCUT2D eigenvalue weighted by Gasteiger charge is 2.64. The topological polar surface area (TPSA) is 74.4 Å². The highest BCUT2D eigenvalue weighted by molar-refractivity contribution is 5.90. The summed E-state index contributed by atoms with van der Waals surface area (Å²) in [6.45, 7) is 5.36. The van der Waals surface area contributed by atoms with E-state index in [2.05, 4.69) is 10.2 Å². The Labute approximate surface area is 184 Å². The number of rotatable bonds is 5. The van der Waals surface area contributed by atoms with Crippen molar-refractivity contribution in [3.63, 3.8) is 0 Å². The molecule has 3 aliphatic heterocycles. The molecule has 1 atom stereocenters. The minimum absolute atomic E-state index is 0.0741. The molecule has 3 amide bonds. The molecule has 0 saturated carbocycles. The van der Waals surface area contributed by atoms with Crippen LogP contribution in [0.15, 0.2) is 24.3 Å². The molecule has 1 N–H and O–H groups in total. The zero-order valence-corrected chi connectivity index (χ0v) is 18.9. The molecule has 0 radical (unpaired) electrons. The van der Waals surface area contributed by atoms with Gasteiger partial charge in [0, 0.05) is 70.6 Å². The first-order chi connectivity index (χ1) is 14.9. The molecule has 31 heavy (non-hydrogen) atoms. The summed E-state index contributed by atoms with van der Waals surface area (Å²) in [4.78, 5) is 32.3. The maximum Gasteiger partial charge on any atom is 0.321 e. The fraction of sp³-hybridized carbons (Fsp3) is 0.652. The number of nitrogens with one attached hydrogen (secondary N) is 1. The van der Waals surface area contributed by atoms with Crippen molar-refractivity contribution in [2.45, 2.75) is 19.3 Å². The van der Waals surface area contributed by atoms with Gasteiger partial charge in [-0.2, -0.15) is 0 Å². The fourth-order valence-electron chi connectivity index (χ4n) is 5.81. The Balaban J connectivity index is 1.45. The van der Waals surface area contributed by atoms with Gasteiger partial charge in [-0.15, -0.1) is 0 Å². The number of hydrogen-bond donors (Lipinski definition) is 1. The number of likely N-dealkylation sites (tertiary alicyclic amines) is 3. The number of nitrogens with zero attached hydrogens (tertiary/aromatic N) is 3. The third kappa shape index (κ3) is 3.87. The average molecular weight is 431 g/mol. The first-order valence-corrected chi connectivity index (χ1v) is 11.1. The number of carbonyl (C=O) groups excluding carboxylic acids is 2. The van der Waals surface area contributed by atoms with Crippen LogP contribution in [0.4, 0.5) is 10.5 Å². The molecule has 0 aromatic heterocycles. The molecule has 0 bridgehead atoms. The summed E-state index contributed by atoms with van der Waals surface area (Å²) in [5.41, 5.74) is 0.320. The monoisotopic (exact) mass is 430 g/mol. The van der Waals surface area contributed by atoms with E-state index in [9.17, 15) is 9.59 Å². The van der Waals surface area contributed by atoms with Crippen LogP contribution in [-0.4, -0.2) is 93.8 Å². The Kier molecular flexibility index (Phi) is 6.12. The predicted octanol–water partition coefficient (Wildman–Crippen LogP) is 2.12. The van der Waals surface area contributed by atoms with Gasteiger partial charge in [-0.25, -0.2) is 4.79 Å². The normalized spacial score (nSPS) is 25.6. The summed E-state index contributed by atoms with van der Waals surface area (Å²) in [5.74, 6) is 0.991. The van der Waals surface area contributed by atoms with Gasteiger partial charge in [0.05, 0.1) is 19.1 Å². The SMILES string of the molecule is COCCN1CC2(CCN(C(=O)Nc3cccc(OC)c3)CC2)C2(CCN(C)C2=O)C1. The van der Waals surface area contributed by atoms with Crippen molar-refractivity contribution in [1.29, 1.82) is 0 Å². The van der Waals surface area contributed by atoms with Gasteiger partial charge in [-0.3, -0.25) is 9.69 Å². The first-order valence-electron chi connectivity index (χ1n) is 11.1. The number of anilines is 1. The van der Waals surface area contributed by atoms with Crippen LogP contribution >= 0.6 is 0 Å². The van der Waals surface area contributed by atoms with Gasteiger partial charge in [-0.1, -0.05) is 6.07 Å². The maximum atomic E-state index is 13.3. The second kappa shape index (κ2) is 8.67. The molecule has 8 nitrogen and oxygen atoms in total. The minimum Gasteiger partial charge on any atom is -0.497 e. The summed E-state index contributed by atoms with van der Waals surface area (Å²) in [6, 6.07) is 7.29. The molecule has 0 aliphatic carbocycles. The van der Waals surface area contributed by atoms with E-state index in [4.69, 9.17) is 9.47 Å². The van der Waals surface area contributed by atoms with Crippen LogP contribution in [0, 0.1) is 10.8 Å². The first kappa shape index (κ1) is 21.9. The Morgan fingerprint density at radius 1 is 1.13 bits per heavy atom. The summed E-state index contributed by atoms with van der Waals surface area (Å²) in [6.07, 6.45) is 2.60. The number of benzene rings is 1. The van der Waals surface area contributed by atoms with Gasteiger partial charge in [0.1, 0.15) is 5.75 Å². The largest absolute Gasteiger partial charge is 0.497 e. The number of methoxy groups -OCH3 is 2. The van der Waals surface area contributed by atoms with E-state index < -0.39 is 0 Å². The van der Waals surface area contributed by atoms with Crippen molar-refractivity contribution in [2.75, 3.05) is 72.5 Å². The van der Waals surface area contributed by atoms with Crippen molar-refractivity contribution in [1.82, 2.24) is 14.7 Å². The summed E-state index contributed by atoms with van der Waals surface area (Å²) in [5, 5.41) is 2.98. The van der Waals surface area contributed by atoms with Crippen LogP contribution < -0.4 is 10.1 Å². The molecular weight excluding hydrogens is 396 g/mol. The molecule has 4 rings (SSSR count). The van der Waals surface area contributed by atoms with E-state index in [1.807, 2.05) is 41.1 Å². The molecule has 3 heterocycles. The van der Waals surface area contributed by atoms with Crippen molar-refractivity contribution >= 4 is 17.6 Å². The van der Waals surface area contributed by atoms with E-state index in [-0.39, 0.29) is 22.8 Å². The second-order valence-electron chi connectivity index (χ2n) is 9.19. The second-order valence-corrected chi connectivity index (χ2v) is 9.19. The van der Waals surface area contributed by atoms with Crippen molar-refractivity contribution in [2.24, 2.45) is 10.8 Å². The van der Waals surface area contributed by atoms with Crippen LogP contribution in [0.1, 0.15) is 19.3 Å². The molecule has 3 fully saturated rings. The lowest BCUT2D eigenvalue weighted by Gasteiger charge is -2.46. The minimum atomic E-state index is -0.329. The van der Waals surface area contributed by atoms with Crippen LogP contribution in [0.2, 0.25) is 0 Å².